The maximum Gasteiger partial charge on any atom is 0.0564 e. The normalized spacial score (nSPS) is 14.3. The van der Waals surface area contributed by atoms with Crippen LogP contribution in [-0.4, -0.2) is 22.9 Å². The fourth-order valence-electron chi connectivity index (χ4n) is 0.811. The minimum absolute atomic E-state index is 0.0912. The van der Waals surface area contributed by atoms with Crippen LogP contribution in [0.25, 0.3) is 0 Å². The molecule has 2 heteroatoms. The number of aliphatic hydroxyl groups is 2. The molecule has 0 aromatic carbocycles. The van der Waals surface area contributed by atoms with Gasteiger partial charge in [0.25, 0.3) is 0 Å². The van der Waals surface area contributed by atoms with Gasteiger partial charge in [-0.05, 0) is 18.8 Å². The molecule has 0 saturated heterocycles. The second-order valence-corrected chi connectivity index (χ2v) is 2.80. The molecule has 2 nitrogen and oxygen atoms in total. The highest BCUT2D eigenvalue weighted by molar-refractivity contribution is 4.56. The Morgan fingerprint density at radius 3 is 2.22 bits per heavy atom. The summed E-state index contributed by atoms with van der Waals surface area (Å²) in [5, 5.41) is 17.4. The van der Waals surface area contributed by atoms with E-state index in [2.05, 4.69) is 13.8 Å². The predicted octanol–water partition coefficient (Wildman–Crippen LogP) is 0.776. The summed E-state index contributed by atoms with van der Waals surface area (Å²) in [5.41, 5.74) is 0. The summed E-state index contributed by atoms with van der Waals surface area (Å²) in [6, 6.07) is 0. The molecule has 0 heterocycles. The maximum atomic E-state index is 9.06. The van der Waals surface area contributed by atoms with Gasteiger partial charge in [-0.25, -0.2) is 0 Å². The van der Waals surface area contributed by atoms with Gasteiger partial charge >= 0.3 is 0 Å². The van der Waals surface area contributed by atoms with Gasteiger partial charge in [-0.15, -0.1) is 0 Å². The molecule has 9 heavy (non-hydrogen) atoms. The summed E-state index contributed by atoms with van der Waals surface area (Å²) in [6.45, 7) is 4.20. The fourth-order valence-corrected chi connectivity index (χ4v) is 0.811. The average molecular weight is 132 g/mol. The van der Waals surface area contributed by atoms with Crippen LogP contribution in [0.5, 0.6) is 0 Å². The minimum atomic E-state index is -0.310. The van der Waals surface area contributed by atoms with Crippen LogP contribution in [0, 0.1) is 5.92 Å². The van der Waals surface area contributed by atoms with Crippen molar-refractivity contribution in [2.45, 2.75) is 32.8 Å². The molecule has 0 saturated carbocycles. The van der Waals surface area contributed by atoms with Crippen LogP contribution < -0.4 is 0 Å². The smallest absolute Gasteiger partial charge is 0.0564 e. The monoisotopic (exact) mass is 132 g/mol. The minimum Gasteiger partial charge on any atom is -0.396 e. The Labute approximate surface area is 56.5 Å². The van der Waals surface area contributed by atoms with Crippen LogP contribution in [0.1, 0.15) is 26.7 Å². The van der Waals surface area contributed by atoms with Crippen molar-refractivity contribution >= 4 is 0 Å². The van der Waals surface area contributed by atoms with Crippen molar-refractivity contribution in [2.24, 2.45) is 5.92 Å². The van der Waals surface area contributed by atoms with Gasteiger partial charge in [-0.2, -0.15) is 0 Å². The summed E-state index contributed by atoms with van der Waals surface area (Å²) in [6.07, 6.45) is 0.994. The Morgan fingerprint density at radius 1 is 1.33 bits per heavy atom. The van der Waals surface area contributed by atoms with Crippen LogP contribution in [0.15, 0.2) is 0 Å². The van der Waals surface area contributed by atoms with Gasteiger partial charge in [-0.1, -0.05) is 13.8 Å². The van der Waals surface area contributed by atoms with E-state index in [1.54, 1.807) is 0 Å². The van der Waals surface area contributed by atoms with E-state index < -0.39 is 0 Å². The Kier molecular flexibility index (Phi) is 4.72. The highest BCUT2D eigenvalue weighted by Crippen LogP contribution is 2.06. The number of hydrogen-bond donors (Lipinski definition) is 2. The third-order valence-corrected chi connectivity index (χ3v) is 1.21. The second kappa shape index (κ2) is 4.77. The largest absolute Gasteiger partial charge is 0.396 e. The number of hydrogen-bond acceptors (Lipinski definition) is 2. The Morgan fingerprint density at radius 2 is 1.89 bits per heavy atom. The van der Waals surface area contributed by atoms with Crippen LogP contribution >= 0.6 is 0 Å². The summed E-state index contributed by atoms with van der Waals surface area (Å²) in [4.78, 5) is 0. The van der Waals surface area contributed by atoms with E-state index in [1.165, 1.54) is 0 Å². The lowest BCUT2D eigenvalue weighted by molar-refractivity contribution is 0.113. The zero-order chi connectivity index (χ0) is 7.28. The van der Waals surface area contributed by atoms with Crippen molar-refractivity contribution in [2.75, 3.05) is 6.61 Å². The lowest BCUT2D eigenvalue weighted by atomic mass is 10.0. The van der Waals surface area contributed by atoms with Gasteiger partial charge in [0.15, 0.2) is 0 Å². The van der Waals surface area contributed by atoms with Crippen molar-refractivity contribution in [3.05, 3.63) is 0 Å². The molecule has 0 spiro atoms. The molecule has 0 bridgehead atoms. The molecule has 2 N–H and O–H groups in total. The predicted molar refractivity (Wildman–Crippen MR) is 37.2 cm³/mol. The molecule has 0 aliphatic carbocycles. The maximum absolute atomic E-state index is 9.06. The van der Waals surface area contributed by atoms with E-state index in [-0.39, 0.29) is 12.7 Å². The molecular formula is C7H16O2. The van der Waals surface area contributed by atoms with Crippen molar-refractivity contribution in [3.63, 3.8) is 0 Å². The second-order valence-electron chi connectivity index (χ2n) is 2.80. The first-order valence-corrected chi connectivity index (χ1v) is 3.45. The van der Waals surface area contributed by atoms with E-state index in [4.69, 9.17) is 10.2 Å². The zero-order valence-corrected chi connectivity index (χ0v) is 6.17. The van der Waals surface area contributed by atoms with Crippen LogP contribution in [0.2, 0.25) is 0 Å². The van der Waals surface area contributed by atoms with Crippen LogP contribution in [-0.2, 0) is 0 Å². The molecule has 0 radical (unpaired) electrons. The molecule has 0 rings (SSSR count). The molecule has 0 fully saturated rings. The van der Waals surface area contributed by atoms with Crippen molar-refractivity contribution < 1.29 is 10.2 Å². The van der Waals surface area contributed by atoms with Gasteiger partial charge in [-0.3, -0.25) is 0 Å². The van der Waals surface area contributed by atoms with E-state index in [1.807, 2.05) is 0 Å². The topological polar surface area (TPSA) is 40.5 Å². The van der Waals surface area contributed by atoms with Crippen molar-refractivity contribution in [1.29, 1.82) is 0 Å². The van der Waals surface area contributed by atoms with Gasteiger partial charge in [0.05, 0.1) is 6.10 Å². The first kappa shape index (κ1) is 8.92. The van der Waals surface area contributed by atoms with Crippen molar-refractivity contribution in [3.8, 4) is 0 Å². The molecule has 0 amide bonds. The molecule has 56 valence electrons. The number of rotatable bonds is 4. The third-order valence-electron chi connectivity index (χ3n) is 1.21. The summed E-state index contributed by atoms with van der Waals surface area (Å²) in [5.74, 6) is 0.520. The van der Waals surface area contributed by atoms with Gasteiger partial charge in [0.1, 0.15) is 0 Å². The molecule has 0 unspecified atom stereocenters. The third kappa shape index (κ3) is 5.80. The number of aliphatic hydroxyl groups excluding tert-OH is 2. The van der Waals surface area contributed by atoms with Gasteiger partial charge < -0.3 is 10.2 Å². The fraction of sp³-hybridized carbons (Fsp3) is 1.00. The first-order valence-electron chi connectivity index (χ1n) is 3.45. The lowest BCUT2D eigenvalue weighted by Crippen LogP contribution is -2.11. The van der Waals surface area contributed by atoms with Crippen LogP contribution in [0.4, 0.5) is 0 Å². The average Bonchev–Trinajstić information content (AvgIpc) is 1.63. The molecule has 0 aromatic rings. The Balaban J connectivity index is 3.15. The molecule has 0 aliphatic rings. The Hall–Kier alpha value is -0.0800. The molecule has 0 aliphatic heterocycles. The molecule has 0 aromatic heterocycles. The standard InChI is InChI=1S/C7H16O2/c1-6(2)5-7(9)3-4-8/h6-9H,3-5H2,1-2H3/t7-/m1/s1. The SMILES string of the molecule is CC(C)C[C@H](O)CCO. The van der Waals surface area contributed by atoms with Crippen molar-refractivity contribution in [1.82, 2.24) is 0 Å². The van der Waals surface area contributed by atoms with Crippen LogP contribution in [0.3, 0.4) is 0 Å². The summed E-state index contributed by atoms with van der Waals surface area (Å²) >= 11 is 0. The van der Waals surface area contributed by atoms with Gasteiger partial charge in [0.2, 0.25) is 0 Å². The van der Waals surface area contributed by atoms with E-state index >= 15 is 0 Å². The quantitative estimate of drug-likeness (QED) is 0.593. The lowest BCUT2D eigenvalue weighted by Gasteiger charge is -2.10. The summed E-state index contributed by atoms with van der Waals surface area (Å²) in [7, 11) is 0. The molecular weight excluding hydrogens is 116 g/mol. The highest BCUT2D eigenvalue weighted by Gasteiger charge is 2.04. The van der Waals surface area contributed by atoms with E-state index in [0.29, 0.717) is 12.3 Å². The van der Waals surface area contributed by atoms with Gasteiger partial charge in [0, 0.05) is 6.61 Å². The first-order chi connectivity index (χ1) is 4.16. The molecule has 1 atom stereocenters. The Bertz CT molecular complexity index is 61.9. The summed E-state index contributed by atoms with van der Waals surface area (Å²) < 4.78 is 0. The van der Waals surface area contributed by atoms with E-state index in [9.17, 15) is 0 Å². The highest BCUT2D eigenvalue weighted by atomic mass is 16.3. The van der Waals surface area contributed by atoms with E-state index in [0.717, 1.165) is 6.42 Å². The zero-order valence-electron chi connectivity index (χ0n) is 6.17.